The monoisotopic (exact) mass is 461 g/mol. The van der Waals surface area contributed by atoms with Crippen molar-refractivity contribution in [2.45, 2.75) is 37.7 Å². The minimum atomic E-state index is 0.0456. The molecule has 0 unspecified atom stereocenters. The summed E-state index contributed by atoms with van der Waals surface area (Å²) in [6.07, 6.45) is 7.08. The Morgan fingerprint density at radius 3 is 2.53 bits per heavy atom. The number of para-hydroxylation sites is 1. The number of piperidine rings is 2. The number of aromatic nitrogens is 3. The number of nitrogens with zero attached hydrogens (tertiary/aromatic N) is 5. The van der Waals surface area contributed by atoms with E-state index in [0.717, 1.165) is 61.2 Å². The van der Waals surface area contributed by atoms with Crippen molar-refractivity contribution in [1.29, 1.82) is 0 Å². The van der Waals surface area contributed by atoms with Gasteiger partial charge >= 0.3 is 0 Å². The fraction of sp³-hybridized carbons (Fsp3) is 0.462. The van der Waals surface area contributed by atoms with Crippen LogP contribution in [-0.2, 0) is 9.53 Å². The highest BCUT2D eigenvalue weighted by Gasteiger charge is 2.29. The molecule has 0 atom stereocenters. The Bertz CT molecular complexity index is 1120. The summed E-state index contributed by atoms with van der Waals surface area (Å²) in [6.45, 7) is 3.34. The molecule has 0 bridgehead atoms. The number of methoxy groups -OCH3 is 1. The molecule has 4 heterocycles. The van der Waals surface area contributed by atoms with Crippen LogP contribution in [0, 0.1) is 0 Å². The molecule has 2 aromatic heterocycles. The van der Waals surface area contributed by atoms with Crippen LogP contribution in [-0.4, -0.2) is 71.8 Å². The molecule has 1 aromatic carbocycles. The Morgan fingerprint density at radius 1 is 0.971 bits per heavy atom. The SMILES string of the molecule is COCC(=O)N1CCC(c2nccnc2OC2CCN(c3ccc4ccccc4n3)CC2)CC1. The van der Waals surface area contributed by atoms with Gasteiger partial charge in [0.1, 0.15) is 24.2 Å². The third kappa shape index (κ3) is 4.97. The highest BCUT2D eigenvalue weighted by atomic mass is 16.5. The Labute approximate surface area is 199 Å². The Balaban J connectivity index is 1.19. The summed E-state index contributed by atoms with van der Waals surface area (Å²) >= 11 is 0. The molecular formula is C26H31N5O3. The van der Waals surface area contributed by atoms with Crippen molar-refractivity contribution in [3.63, 3.8) is 0 Å². The summed E-state index contributed by atoms with van der Waals surface area (Å²) < 4.78 is 11.4. The number of anilines is 1. The zero-order valence-corrected chi connectivity index (χ0v) is 19.6. The van der Waals surface area contributed by atoms with Gasteiger partial charge in [-0.3, -0.25) is 9.78 Å². The summed E-state index contributed by atoms with van der Waals surface area (Å²) in [5.41, 5.74) is 1.94. The third-order valence-electron chi connectivity index (χ3n) is 6.82. The molecule has 34 heavy (non-hydrogen) atoms. The average Bonchev–Trinajstić information content (AvgIpc) is 2.89. The van der Waals surface area contributed by atoms with Crippen LogP contribution in [0.15, 0.2) is 48.8 Å². The molecule has 5 rings (SSSR count). The van der Waals surface area contributed by atoms with E-state index in [2.05, 4.69) is 39.1 Å². The van der Waals surface area contributed by atoms with Gasteiger partial charge in [-0.25, -0.2) is 9.97 Å². The molecule has 178 valence electrons. The molecule has 2 fully saturated rings. The van der Waals surface area contributed by atoms with Crippen LogP contribution < -0.4 is 9.64 Å². The van der Waals surface area contributed by atoms with Crippen molar-refractivity contribution >= 4 is 22.6 Å². The van der Waals surface area contributed by atoms with Crippen molar-refractivity contribution in [3.8, 4) is 5.88 Å². The second-order valence-corrected chi connectivity index (χ2v) is 9.00. The highest BCUT2D eigenvalue weighted by Crippen LogP contribution is 2.33. The predicted molar refractivity (Wildman–Crippen MR) is 130 cm³/mol. The molecule has 0 saturated carbocycles. The molecule has 0 aliphatic carbocycles. The van der Waals surface area contributed by atoms with Gasteiger partial charge in [-0.1, -0.05) is 18.2 Å². The maximum absolute atomic E-state index is 12.1. The van der Waals surface area contributed by atoms with Crippen LogP contribution in [0.5, 0.6) is 5.88 Å². The van der Waals surface area contributed by atoms with E-state index in [1.165, 1.54) is 0 Å². The summed E-state index contributed by atoms with van der Waals surface area (Å²) in [7, 11) is 1.55. The van der Waals surface area contributed by atoms with E-state index in [1.54, 1.807) is 19.5 Å². The van der Waals surface area contributed by atoms with Crippen LogP contribution in [0.25, 0.3) is 10.9 Å². The summed E-state index contributed by atoms with van der Waals surface area (Å²) in [5, 5.41) is 1.16. The first-order valence-corrected chi connectivity index (χ1v) is 12.1. The topological polar surface area (TPSA) is 80.7 Å². The number of benzene rings is 1. The largest absolute Gasteiger partial charge is 0.473 e. The van der Waals surface area contributed by atoms with E-state index in [0.29, 0.717) is 19.0 Å². The fourth-order valence-corrected chi connectivity index (χ4v) is 4.92. The minimum Gasteiger partial charge on any atom is -0.473 e. The number of hydrogen-bond acceptors (Lipinski definition) is 7. The second-order valence-electron chi connectivity index (χ2n) is 9.00. The van der Waals surface area contributed by atoms with Gasteiger partial charge in [-0.2, -0.15) is 0 Å². The number of carbonyl (C=O) groups is 1. The first-order chi connectivity index (χ1) is 16.7. The van der Waals surface area contributed by atoms with Crippen molar-refractivity contribution < 1.29 is 14.3 Å². The van der Waals surface area contributed by atoms with E-state index < -0.39 is 0 Å². The summed E-state index contributed by atoms with van der Waals surface area (Å²) in [4.78, 5) is 30.3. The lowest BCUT2D eigenvalue weighted by atomic mass is 9.93. The summed E-state index contributed by atoms with van der Waals surface area (Å²) in [6, 6.07) is 12.5. The molecule has 8 nitrogen and oxygen atoms in total. The number of amides is 1. The normalized spacial score (nSPS) is 17.8. The molecule has 2 saturated heterocycles. The molecule has 0 N–H and O–H groups in total. The van der Waals surface area contributed by atoms with Crippen LogP contribution in [0.3, 0.4) is 0 Å². The maximum Gasteiger partial charge on any atom is 0.248 e. The van der Waals surface area contributed by atoms with Gasteiger partial charge in [-0.05, 0) is 31.0 Å². The lowest BCUT2D eigenvalue weighted by Gasteiger charge is -2.34. The number of ether oxygens (including phenoxy) is 2. The first-order valence-electron chi connectivity index (χ1n) is 12.1. The van der Waals surface area contributed by atoms with Gasteiger partial charge < -0.3 is 19.3 Å². The lowest BCUT2D eigenvalue weighted by molar-refractivity contribution is -0.136. The number of rotatable bonds is 6. The van der Waals surface area contributed by atoms with Crippen molar-refractivity contribution in [2.75, 3.05) is 44.8 Å². The zero-order chi connectivity index (χ0) is 23.3. The van der Waals surface area contributed by atoms with Crippen LogP contribution in [0.1, 0.15) is 37.3 Å². The molecule has 1 amide bonds. The molecule has 8 heteroatoms. The van der Waals surface area contributed by atoms with E-state index >= 15 is 0 Å². The molecule has 0 radical (unpaired) electrons. The number of pyridine rings is 1. The van der Waals surface area contributed by atoms with E-state index in [9.17, 15) is 4.79 Å². The summed E-state index contributed by atoms with van der Waals surface area (Å²) in [5.74, 6) is 1.96. The van der Waals surface area contributed by atoms with Crippen LogP contribution in [0.4, 0.5) is 5.82 Å². The predicted octanol–water partition coefficient (Wildman–Crippen LogP) is 3.43. The van der Waals surface area contributed by atoms with Crippen LogP contribution in [0.2, 0.25) is 0 Å². The van der Waals surface area contributed by atoms with Gasteiger partial charge in [0.15, 0.2) is 0 Å². The Morgan fingerprint density at radius 2 is 1.74 bits per heavy atom. The van der Waals surface area contributed by atoms with E-state index in [4.69, 9.17) is 14.5 Å². The van der Waals surface area contributed by atoms with E-state index in [1.807, 2.05) is 17.0 Å². The van der Waals surface area contributed by atoms with Gasteiger partial charge in [0.2, 0.25) is 11.8 Å². The van der Waals surface area contributed by atoms with Crippen LogP contribution >= 0.6 is 0 Å². The smallest absolute Gasteiger partial charge is 0.248 e. The van der Waals surface area contributed by atoms with Gasteiger partial charge in [-0.15, -0.1) is 0 Å². The van der Waals surface area contributed by atoms with Gasteiger partial charge in [0, 0.05) is 69.8 Å². The average molecular weight is 462 g/mol. The molecule has 3 aromatic rings. The Hall–Kier alpha value is -3.26. The van der Waals surface area contributed by atoms with Crippen molar-refractivity contribution in [2.24, 2.45) is 0 Å². The zero-order valence-electron chi connectivity index (χ0n) is 19.6. The fourth-order valence-electron chi connectivity index (χ4n) is 4.92. The second kappa shape index (κ2) is 10.3. The van der Waals surface area contributed by atoms with Crippen molar-refractivity contribution in [1.82, 2.24) is 19.9 Å². The lowest BCUT2D eigenvalue weighted by Crippen LogP contribution is -2.40. The number of hydrogen-bond donors (Lipinski definition) is 0. The highest BCUT2D eigenvalue weighted by molar-refractivity contribution is 5.80. The standard InChI is InChI=1S/C26H31N5O3/c1-33-18-24(32)31-14-8-20(9-15-31)25-26(28-13-12-27-25)34-21-10-16-30(17-11-21)23-7-6-19-4-2-3-5-22(19)29-23/h2-7,12-13,20-21H,8-11,14-18H2,1H3. The maximum atomic E-state index is 12.1. The first kappa shape index (κ1) is 22.5. The molecule has 0 spiro atoms. The quantitative estimate of drug-likeness (QED) is 0.556. The van der Waals surface area contributed by atoms with Gasteiger partial charge in [0.25, 0.3) is 0 Å². The Kier molecular flexibility index (Phi) is 6.85. The molecular weight excluding hydrogens is 430 g/mol. The number of carbonyl (C=O) groups excluding carboxylic acids is 1. The van der Waals surface area contributed by atoms with Gasteiger partial charge in [0.05, 0.1) is 5.52 Å². The number of fused-ring (bicyclic) bond motifs is 1. The minimum absolute atomic E-state index is 0.0456. The van der Waals surface area contributed by atoms with Crippen molar-refractivity contribution in [3.05, 3.63) is 54.5 Å². The molecule has 2 aliphatic rings. The van der Waals surface area contributed by atoms with E-state index in [-0.39, 0.29) is 24.5 Å². The third-order valence-corrected chi connectivity index (χ3v) is 6.82. The number of likely N-dealkylation sites (tertiary alicyclic amines) is 1. The molecule has 2 aliphatic heterocycles.